The summed E-state index contributed by atoms with van der Waals surface area (Å²) in [4.78, 5) is 4.20. The van der Waals surface area contributed by atoms with Crippen LogP contribution in [0.25, 0.3) is 0 Å². The van der Waals surface area contributed by atoms with Crippen LogP contribution >= 0.6 is 0 Å². The number of nitrogens with two attached hydrogens (primary N) is 1. The summed E-state index contributed by atoms with van der Waals surface area (Å²) in [6.07, 6.45) is -3.30. The molecule has 130 valence electrons. The molecule has 0 aliphatic heterocycles. The number of nitrogens with one attached hydrogen (secondary N) is 1. The van der Waals surface area contributed by atoms with Crippen LogP contribution < -0.4 is 11.1 Å². The van der Waals surface area contributed by atoms with Gasteiger partial charge in [-0.3, -0.25) is 0 Å². The second kappa shape index (κ2) is 5.79. The van der Waals surface area contributed by atoms with E-state index in [1.54, 1.807) is 6.07 Å². The van der Waals surface area contributed by atoms with Crippen LogP contribution in [0.2, 0.25) is 0 Å². The van der Waals surface area contributed by atoms with Gasteiger partial charge in [-0.25, -0.2) is 4.99 Å². The van der Waals surface area contributed by atoms with Crippen molar-refractivity contribution < 1.29 is 13.2 Å². The zero-order chi connectivity index (χ0) is 17.6. The minimum Gasteiger partial charge on any atom is -0.370 e. The Bertz CT molecular complexity index is 829. The van der Waals surface area contributed by atoms with Crippen LogP contribution in [-0.4, -0.2) is 12.0 Å². The molecule has 2 aromatic carbocycles. The topological polar surface area (TPSA) is 50.4 Å². The van der Waals surface area contributed by atoms with E-state index < -0.39 is 11.7 Å². The van der Waals surface area contributed by atoms with E-state index in [1.165, 1.54) is 17.2 Å². The third kappa shape index (κ3) is 3.08. The number of alkyl halides is 3. The molecule has 0 bridgehead atoms. The highest BCUT2D eigenvalue weighted by atomic mass is 19.4. The van der Waals surface area contributed by atoms with Crippen molar-refractivity contribution in [2.75, 3.05) is 0 Å². The molecule has 0 heterocycles. The number of hydrogen-bond acceptors (Lipinski definition) is 1. The Morgan fingerprint density at radius 2 is 1.96 bits per heavy atom. The molecule has 1 saturated carbocycles. The molecule has 0 radical (unpaired) electrons. The van der Waals surface area contributed by atoms with Crippen molar-refractivity contribution in [1.82, 2.24) is 5.32 Å². The molecule has 4 rings (SSSR count). The first kappa shape index (κ1) is 16.0. The molecule has 0 saturated heterocycles. The van der Waals surface area contributed by atoms with E-state index in [0.717, 1.165) is 18.6 Å². The van der Waals surface area contributed by atoms with E-state index >= 15 is 0 Å². The minimum absolute atomic E-state index is 0.126. The van der Waals surface area contributed by atoms with Crippen molar-refractivity contribution in [1.29, 1.82) is 0 Å². The number of guanidine groups is 1. The van der Waals surface area contributed by atoms with E-state index in [4.69, 9.17) is 5.73 Å². The molecule has 1 fully saturated rings. The van der Waals surface area contributed by atoms with Gasteiger partial charge in [0.05, 0.1) is 12.1 Å². The third-order valence-corrected chi connectivity index (χ3v) is 5.04. The molecular formula is C19H18F3N3. The standard InChI is InChI=1S/C19H18F3N3/c20-19(21,22)13-6-3-4-11(8-13)10-24-18(23)25-17-15-9-12-5-1-2-7-14(12)16(15)17/h1-8,15-17H,9-10H2,(H3,23,24,25). The van der Waals surface area contributed by atoms with E-state index in [-0.39, 0.29) is 18.5 Å². The summed E-state index contributed by atoms with van der Waals surface area (Å²) < 4.78 is 38.2. The Hall–Kier alpha value is -2.50. The van der Waals surface area contributed by atoms with Crippen molar-refractivity contribution in [3.05, 3.63) is 70.8 Å². The summed E-state index contributed by atoms with van der Waals surface area (Å²) in [5.41, 5.74) is 8.52. The van der Waals surface area contributed by atoms with Crippen LogP contribution in [0.1, 0.15) is 28.2 Å². The van der Waals surface area contributed by atoms with Gasteiger partial charge in [-0.15, -0.1) is 0 Å². The van der Waals surface area contributed by atoms with Crippen LogP contribution in [0.15, 0.2) is 53.5 Å². The Morgan fingerprint density at radius 3 is 2.76 bits per heavy atom. The molecule has 25 heavy (non-hydrogen) atoms. The molecular weight excluding hydrogens is 327 g/mol. The van der Waals surface area contributed by atoms with Crippen molar-refractivity contribution in [2.45, 2.75) is 31.1 Å². The first-order chi connectivity index (χ1) is 11.9. The second-order valence-corrected chi connectivity index (χ2v) is 6.66. The lowest BCUT2D eigenvalue weighted by Gasteiger charge is -2.10. The highest BCUT2D eigenvalue weighted by molar-refractivity contribution is 5.79. The molecule has 2 aliphatic rings. The molecule has 2 aliphatic carbocycles. The fourth-order valence-corrected chi connectivity index (χ4v) is 3.79. The lowest BCUT2D eigenvalue weighted by Crippen LogP contribution is -2.35. The van der Waals surface area contributed by atoms with Gasteiger partial charge in [0.15, 0.2) is 5.96 Å². The predicted molar refractivity (Wildman–Crippen MR) is 90.1 cm³/mol. The summed E-state index contributed by atoms with van der Waals surface area (Å²) in [6, 6.07) is 13.9. The Morgan fingerprint density at radius 1 is 1.16 bits per heavy atom. The number of aliphatic imine (C=N–C) groups is 1. The van der Waals surface area contributed by atoms with Gasteiger partial charge < -0.3 is 11.1 Å². The number of nitrogens with zero attached hydrogens (tertiary/aromatic N) is 1. The van der Waals surface area contributed by atoms with Crippen molar-refractivity contribution in [2.24, 2.45) is 16.6 Å². The Balaban J connectivity index is 1.38. The molecule has 0 spiro atoms. The van der Waals surface area contributed by atoms with Gasteiger partial charge in [0.25, 0.3) is 0 Å². The summed E-state index contributed by atoms with van der Waals surface area (Å²) in [6.45, 7) is 0.126. The molecule has 0 amide bonds. The van der Waals surface area contributed by atoms with E-state index in [2.05, 4.69) is 28.5 Å². The SMILES string of the molecule is NC(=NCc1cccc(C(F)(F)F)c1)NC1C2Cc3ccccc3C21. The highest BCUT2D eigenvalue weighted by Crippen LogP contribution is 2.56. The molecule has 3 N–H and O–H groups in total. The maximum Gasteiger partial charge on any atom is 0.416 e. The average Bonchev–Trinajstić information content (AvgIpc) is 3.09. The molecule has 2 aromatic rings. The van der Waals surface area contributed by atoms with Crippen LogP contribution in [0.5, 0.6) is 0 Å². The van der Waals surface area contributed by atoms with Crippen LogP contribution in [0.3, 0.4) is 0 Å². The van der Waals surface area contributed by atoms with Gasteiger partial charge in [0.2, 0.25) is 0 Å². The van der Waals surface area contributed by atoms with E-state index in [1.807, 2.05) is 6.07 Å². The van der Waals surface area contributed by atoms with Gasteiger partial charge in [-0.1, -0.05) is 36.4 Å². The molecule has 3 nitrogen and oxygen atoms in total. The molecule has 0 aromatic heterocycles. The van der Waals surface area contributed by atoms with Crippen molar-refractivity contribution in [3.63, 3.8) is 0 Å². The first-order valence-corrected chi connectivity index (χ1v) is 8.24. The Labute approximate surface area is 143 Å². The van der Waals surface area contributed by atoms with Gasteiger partial charge in [0, 0.05) is 12.0 Å². The highest BCUT2D eigenvalue weighted by Gasteiger charge is 2.55. The van der Waals surface area contributed by atoms with Gasteiger partial charge in [0.1, 0.15) is 0 Å². The summed E-state index contributed by atoms with van der Waals surface area (Å²) in [7, 11) is 0. The number of hydrogen-bond donors (Lipinski definition) is 2. The normalized spacial score (nSPS) is 24.6. The summed E-state index contributed by atoms with van der Waals surface area (Å²) in [5, 5.41) is 3.22. The minimum atomic E-state index is -4.34. The maximum absolute atomic E-state index is 12.7. The Kier molecular flexibility index (Phi) is 3.71. The smallest absolute Gasteiger partial charge is 0.370 e. The van der Waals surface area contributed by atoms with Crippen LogP contribution in [0, 0.1) is 5.92 Å². The van der Waals surface area contributed by atoms with Crippen molar-refractivity contribution >= 4 is 5.96 Å². The zero-order valence-electron chi connectivity index (χ0n) is 13.4. The molecule has 3 unspecified atom stereocenters. The van der Waals surface area contributed by atoms with E-state index in [9.17, 15) is 13.2 Å². The number of halogens is 3. The average molecular weight is 345 g/mol. The third-order valence-electron chi connectivity index (χ3n) is 5.04. The lowest BCUT2D eigenvalue weighted by molar-refractivity contribution is -0.137. The number of rotatable bonds is 3. The van der Waals surface area contributed by atoms with Crippen molar-refractivity contribution in [3.8, 4) is 0 Å². The maximum atomic E-state index is 12.7. The van der Waals surface area contributed by atoms with E-state index in [0.29, 0.717) is 17.4 Å². The fraction of sp³-hybridized carbons (Fsp3) is 0.316. The first-order valence-electron chi connectivity index (χ1n) is 8.24. The fourth-order valence-electron chi connectivity index (χ4n) is 3.79. The number of benzene rings is 2. The van der Waals surface area contributed by atoms with Gasteiger partial charge >= 0.3 is 6.18 Å². The van der Waals surface area contributed by atoms with Gasteiger partial charge in [-0.05, 0) is 41.2 Å². The number of fused-ring (bicyclic) bond motifs is 3. The summed E-state index contributed by atoms with van der Waals surface area (Å²) in [5.74, 6) is 1.30. The van der Waals surface area contributed by atoms with Crippen LogP contribution in [-0.2, 0) is 19.1 Å². The molecule has 6 heteroatoms. The predicted octanol–water partition coefficient (Wildman–Crippen LogP) is 3.45. The second-order valence-electron chi connectivity index (χ2n) is 6.66. The quantitative estimate of drug-likeness (QED) is 0.661. The lowest BCUT2D eigenvalue weighted by atomic mass is 10.1. The monoisotopic (exact) mass is 345 g/mol. The summed E-state index contributed by atoms with van der Waals surface area (Å²) >= 11 is 0. The van der Waals surface area contributed by atoms with Gasteiger partial charge in [-0.2, -0.15) is 13.2 Å². The molecule has 3 atom stereocenters. The van der Waals surface area contributed by atoms with Crippen LogP contribution in [0.4, 0.5) is 13.2 Å². The zero-order valence-corrected chi connectivity index (χ0v) is 13.4. The largest absolute Gasteiger partial charge is 0.416 e.